The Labute approximate surface area is 140 Å². The Hall–Kier alpha value is 0.544. The second-order valence-corrected chi connectivity index (χ2v) is 6.03. The molecule has 1 N–H and O–H groups in total. The minimum atomic E-state index is 0. The molecule has 0 aromatic heterocycles. The van der Waals surface area contributed by atoms with E-state index in [2.05, 4.69) is 6.92 Å². The van der Waals surface area contributed by atoms with Crippen molar-refractivity contribution in [2.75, 3.05) is 6.61 Å². The maximum Gasteiger partial charge on any atom is 0.0431 e. The molecule has 0 atom stereocenters. The van der Waals surface area contributed by atoms with Gasteiger partial charge in [0.1, 0.15) is 0 Å². The zero-order valence-electron chi connectivity index (χ0n) is 13.9. The first-order chi connectivity index (χ1) is 9.41. The zero-order valence-corrected chi connectivity index (χ0v) is 15.3. The van der Waals surface area contributed by atoms with Gasteiger partial charge in [-0.25, -0.2) is 0 Å². The Kier molecular flexibility index (Phi) is 24.9. The Balaban J connectivity index is 0. The fraction of sp³-hybridized carbons (Fsp3) is 1.00. The second-order valence-electron chi connectivity index (χ2n) is 6.03. The standard InChI is InChI=1S/C18H38O.V/c1-2-3-4-5-6-7-8-9-10-11-12-13-14-15-16-17-18-19;/h19H,2-18H2,1H3;. The van der Waals surface area contributed by atoms with Crippen LogP contribution in [0.5, 0.6) is 0 Å². The van der Waals surface area contributed by atoms with Gasteiger partial charge in [-0.2, -0.15) is 0 Å². The summed E-state index contributed by atoms with van der Waals surface area (Å²) >= 11 is 0. The van der Waals surface area contributed by atoms with Crippen LogP contribution in [-0.2, 0) is 18.6 Å². The largest absolute Gasteiger partial charge is 0.396 e. The van der Waals surface area contributed by atoms with Crippen LogP contribution in [0.2, 0.25) is 0 Å². The van der Waals surface area contributed by atoms with Gasteiger partial charge in [0.2, 0.25) is 0 Å². The van der Waals surface area contributed by atoms with Crippen LogP contribution in [0.15, 0.2) is 0 Å². The molecule has 0 rings (SSSR count). The third kappa shape index (κ3) is 20.9. The van der Waals surface area contributed by atoms with Gasteiger partial charge in [-0.1, -0.05) is 103 Å². The molecule has 0 heterocycles. The van der Waals surface area contributed by atoms with E-state index in [-0.39, 0.29) is 18.6 Å². The van der Waals surface area contributed by atoms with Crippen LogP contribution in [0, 0.1) is 0 Å². The summed E-state index contributed by atoms with van der Waals surface area (Å²) < 4.78 is 0. The number of rotatable bonds is 16. The predicted octanol–water partition coefficient (Wildman–Crippen LogP) is 6.24. The molecule has 0 aliphatic rings. The van der Waals surface area contributed by atoms with Crippen LogP contribution in [0.4, 0.5) is 0 Å². The number of hydrogen-bond acceptors (Lipinski definition) is 1. The molecule has 0 spiro atoms. The van der Waals surface area contributed by atoms with Crippen molar-refractivity contribution in [2.45, 2.75) is 110 Å². The van der Waals surface area contributed by atoms with Crippen molar-refractivity contribution in [1.82, 2.24) is 0 Å². The summed E-state index contributed by atoms with van der Waals surface area (Å²) in [5.74, 6) is 0. The van der Waals surface area contributed by atoms with Crippen molar-refractivity contribution in [3.63, 3.8) is 0 Å². The van der Waals surface area contributed by atoms with Gasteiger partial charge < -0.3 is 5.11 Å². The van der Waals surface area contributed by atoms with Gasteiger partial charge in [-0.3, -0.25) is 0 Å². The Morgan fingerprint density at radius 1 is 0.450 bits per heavy atom. The smallest absolute Gasteiger partial charge is 0.0431 e. The van der Waals surface area contributed by atoms with E-state index in [0.717, 1.165) is 6.42 Å². The van der Waals surface area contributed by atoms with Gasteiger partial charge >= 0.3 is 0 Å². The van der Waals surface area contributed by atoms with Crippen LogP contribution >= 0.6 is 0 Å². The van der Waals surface area contributed by atoms with Gasteiger partial charge in [0.15, 0.2) is 0 Å². The molecule has 1 radical (unpaired) electrons. The molecule has 121 valence electrons. The van der Waals surface area contributed by atoms with Gasteiger partial charge in [0, 0.05) is 25.2 Å². The van der Waals surface area contributed by atoms with Gasteiger partial charge in [0.25, 0.3) is 0 Å². The summed E-state index contributed by atoms with van der Waals surface area (Å²) in [7, 11) is 0. The molecule has 0 aromatic rings. The molecule has 0 amide bonds. The van der Waals surface area contributed by atoms with Crippen LogP contribution < -0.4 is 0 Å². The van der Waals surface area contributed by atoms with Crippen LogP contribution in [0.3, 0.4) is 0 Å². The molecule has 0 saturated heterocycles. The second kappa shape index (κ2) is 21.8. The third-order valence-electron chi connectivity index (χ3n) is 4.01. The topological polar surface area (TPSA) is 20.2 Å². The first-order valence-corrected chi connectivity index (χ1v) is 9.02. The van der Waals surface area contributed by atoms with Gasteiger partial charge in [-0.15, -0.1) is 0 Å². The van der Waals surface area contributed by atoms with Gasteiger partial charge in [-0.05, 0) is 6.42 Å². The molecule has 0 unspecified atom stereocenters. The van der Waals surface area contributed by atoms with Crippen LogP contribution in [0.25, 0.3) is 0 Å². The van der Waals surface area contributed by atoms with Crippen molar-refractivity contribution in [3.8, 4) is 0 Å². The minimum Gasteiger partial charge on any atom is -0.396 e. The first kappa shape index (κ1) is 22.8. The summed E-state index contributed by atoms with van der Waals surface area (Å²) in [5, 5.41) is 8.67. The Bertz CT molecular complexity index is 134. The average Bonchev–Trinajstić information content (AvgIpc) is 2.43. The summed E-state index contributed by atoms with van der Waals surface area (Å²) in [5.41, 5.74) is 0. The van der Waals surface area contributed by atoms with Crippen LogP contribution in [0.1, 0.15) is 110 Å². The molecular weight excluding hydrogens is 283 g/mol. The Morgan fingerprint density at radius 2 is 0.700 bits per heavy atom. The molecule has 0 aliphatic heterocycles. The summed E-state index contributed by atoms with van der Waals surface area (Å²) in [6, 6.07) is 0. The molecule has 0 aromatic carbocycles. The maximum atomic E-state index is 8.67. The first-order valence-electron chi connectivity index (χ1n) is 9.02. The molecule has 2 heteroatoms. The van der Waals surface area contributed by atoms with Crippen molar-refractivity contribution >= 4 is 0 Å². The Morgan fingerprint density at radius 3 is 0.950 bits per heavy atom. The molecular formula is C18H38OV. The molecule has 0 saturated carbocycles. The van der Waals surface area contributed by atoms with E-state index in [1.165, 1.54) is 96.3 Å². The molecule has 0 aliphatic carbocycles. The predicted molar refractivity (Wildman–Crippen MR) is 86.6 cm³/mol. The SMILES string of the molecule is CCCCCCCCCCCCCCCCCCO.[V]. The molecule has 0 bridgehead atoms. The van der Waals surface area contributed by atoms with E-state index in [1.807, 2.05) is 0 Å². The fourth-order valence-electron chi connectivity index (χ4n) is 2.66. The normalized spacial score (nSPS) is 10.5. The van der Waals surface area contributed by atoms with E-state index in [0.29, 0.717) is 6.61 Å². The van der Waals surface area contributed by atoms with E-state index < -0.39 is 0 Å². The van der Waals surface area contributed by atoms with E-state index >= 15 is 0 Å². The fourth-order valence-corrected chi connectivity index (χ4v) is 2.66. The third-order valence-corrected chi connectivity index (χ3v) is 4.01. The van der Waals surface area contributed by atoms with Crippen molar-refractivity contribution in [1.29, 1.82) is 0 Å². The van der Waals surface area contributed by atoms with Crippen molar-refractivity contribution < 1.29 is 23.7 Å². The van der Waals surface area contributed by atoms with Gasteiger partial charge in [0.05, 0.1) is 0 Å². The summed E-state index contributed by atoms with van der Waals surface area (Å²) in [6.07, 6.45) is 22.2. The van der Waals surface area contributed by atoms with E-state index in [1.54, 1.807) is 0 Å². The number of unbranched alkanes of at least 4 members (excludes halogenated alkanes) is 15. The van der Waals surface area contributed by atoms with E-state index in [9.17, 15) is 0 Å². The molecule has 1 nitrogen and oxygen atoms in total. The monoisotopic (exact) mass is 321 g/mol. The maximum absolute atomic E-state index is 8.67. The van der Waals surface area contributed by atoms with E-state index in [4.69, 9.17) is 5.11 Å². The summed E-state index contributed by atoms with van der Waals surface area (Å²) in [4.78, 5) is 0. The number of aliphatic hydroxyl groups excluding tert-OH is 1. The number of aliphatic hydroxyl groups is 1. The number of hydrogen-bond donors (Lipinski definition) is 1. The quantitative estimate of drug-likeness (QED) is 0.334. The minimum absolute atomic E-state index is 0. The zero-order chi connectivity index (χ0) is 14.0. The average molecular weight is 321 g/mol. The molecule has 20 heavy (non-hydrogen) atoms. The van der Waals surface area contributed by atoms with Crippen LogP contribution in [-0.4, -0.2) is 11.7 Å². The van der Waals surface area contributed by atoms with Crippen molar-refractivity contribution in [2.24, 2.45) is 0 Å². The molecule has 0 fully saturated rings. The summed E-state index contributed by atoms with van der Waals surface area (Å²) in [6.45, 7) is 2.66. The van der Waals surface area contributed by atoms with Crippen molar-refractivity contribution in [3.05, 3.63) is 0 Å².